The molecule has 1 fully saturated rings. The van der Waals surface area contributed by atoms with Crippen molar-refractivity contribution in [2.75, 3.05) is 45.3 Å². The molecule has 0 amide bonds. The molecule has 1 aliphatic heterocycles. The van der Waals surface area contributed by atoms with Gasteiger partial charge in [-0.15, -0.1) is 11.3 Å². The molecule has 2 heterocycles. The van der Waals surface area contributed by atoms with Crippen LogP contribution in [0, 0.1) is 0 Å². The third kappa shape index (κ3) is 4.93. The number of rotatable bonds is 7. The lowest BCUT2D eigenvalue weighted by molar-refractivity contribution is 0.370. The molecule has 0 radical (unpaired) electrons. The van der Waals surface area contributed by atoms with E-state index in [-0.39, 0.29) is 10.6 Å². The van der Waals surface area contributed by atoms with E-state index >= 15 is 0 Å². The molecule has 0 atom stereocenters. The van der Waals surface area contributed by atoms with E-state index in [0.717, 1.165) is 21.7 Å². The molecule has 32 heavy (non-hydrogen) atoms. The zero-order valence-electron chi connectivity index (χ0n) is 17.8. The van der Waals surface area contributed by atoms with E-state index in [0.29, 0.717) is 31.9 Å². The largest absolute Gasteiger partial charge is 0.497 e. The number of hydrogen-bond acceptors (Lipinski definition) is 7. The van der Waals surface area contributed by atoms with Crippen LogP contribution in [0.5, 0.6) is 11.5 Å². The van der Waals surface area contributed by atoms with Gasteiger partial charge in [0.15, 0.2) is 5.13 Å². The van der Waals surface area contributed by atoms with Crippen molar-refractivity contribution in [1.82, 2.24) is 9.29 Å². The standard InChI is InChI=1S/C22H24BrN3O4S2/c1-29-19-6-7-21(20(14-19)30-2)32(27,28)26-10-8-25(9-11-26)22-24-18(15-31-22)13-16-4-3-5-17(23)12-16/h3-7,12,14-15H,8-11,13H2,1-2H3. The van der Waals surface area contributed by atoms with Crippen LogP contribution in [0.4, 0.5) is 5.13 Å². The Morgan fingerprint density at radius 3 is 2.53 bits per heavy atom. The summed E-state index contributed by atoms with van der Waals surface area (Å²) in [6.45, 7) is 1.94. The molecule has 1 aromatic heterocycles. The minimum absolute atomic E-state index is 0.153. The van der Waals surface area contributed by atoms with E-state index in [1.807, 2.05) is 12.1 Å². The SMILES string of the molecule is COc1ccc(S(=O)(=O)N2CCN(c3nc(Cc4cccc(Br)c4)cs3)CC2)c(OC)c1. The normalized spacial score (nSPS) is 15.0. The molecule has 10 heteroatoms. The van der Waals surface area contributed by atoms with Crippen LogP contribution < -0.4 is 14.4 Å². The number of halogens is 1. The summed E-state index contributed by atoms with van der Waals surface area (Å²) in [4.78, 5) is 7.08. The molecule has 1 saturated heterocycles. The first-order valence-corrected chi connectivity index (χ1v) is 13.2. The van der Waals surface area contributed by atoms with Crippen molar-refractivity contribution in [3.63, 3.8) is 0 Å². The quantitative estimate of drug-likeness (QED) is 0.453. The monoisotopic (exact) mass is 537 g/mol. The number of thiazole rings is 1. The van der Waals surface area contributed by atoms with Gasteiger partial charge in [0, 0.05) is 48.5 Å². The molecule has 3 aromatic rings. The lowest BCUT2D eigenvalue weighted by Crippen LogP contribution is -2.48. The Morgan fingerprint density at radius 2 is 1.84 bits per heavy atom. The van der Waals surface area contributed by atoms with Gasteiger partial charge in [-0.1, -0.05) is 28.1 Å². The molecule has 0 aliphatic carbocycles. The Hall–Kier alpha value is -2.14. The first-order valence-electron chi connectivity index (χ1n) is 10.1. The first-order chi connectivity index (χ1) is 15.4. The average molecular weight is 538 g/mol. The van der Waals surface area contributed by atoms with Gasteiger partial charge in [-0.3, -0.25) is 0 Å². The summed E-state index contributed by atoms with van der Waals surface area (Å²) in [7, 11) is -0.679. The summed E-state index contributed by atoms with van der Waals surface area (Å²) in [5, 5.41) is 3.00. The molecule has 1 aliphatic rings. The van der Waals surface area contributed by atoms with Gasteiger partial charge in [-0.2, -0.15) is 4.31 Å². The van der Waals surface area contributed by atoms with Crippen molar-refractivity contribution in [1.29, 1.82) is 0 Å². The van der Waals surface area contributed by atoms with E-state index in [9.17, 15) is 8.42 Å². The maximum Gasteiger partial charge on any atom is 0.246 e. The van der Waals surface area contributed by atoms with Gasteiger partial charge in [0.05, 0.1) is 19.9 Å². The smallest absolute Gasteiger partial charge is 0.246 e. The second kappa shape index (κ2) is 9.78. The van der Waals surface area contributed by atoms with Gasteiger partial charge >= 0.3 is 0 Å². The van der Waals surface area contributed by atoms with Gasteiger partial charge in [0.2, 0.25) is 10.0 Å². The number of hydrogen-bond donors (Lipinski definition) is 0. The van der Waals surface area contributed by atoms with E-state index < -0.39 is 10.0 Å². The summed E-state index contributed by atoms with van der Waals surface area (Å²) in [5.41, 5.74) is 2.21. The molecule has 7 nitrogen and oxygen atoms in total. The van der Waals surface area contributed by atoms with Crippen LogP contribution in [0.15, 0.2) is 57.2 Å². The molecule has 0 spiro atoms. The Balaban J connectivity index is 1.43. The summed E-state index contributed by atoms with van der Waals surface area (Å²) in [6, 6.07) is 13.0. The number of piperazine rings is 1. The van der Waals surface area contributed by atoms with Gasteiger partial charge in [-0.25, -0.2) is 13.4 Å². The molecule has 0 unspecified atom stereocenters. The fourth-order valence-electron chi connectivity index (χ4n) is 3.63. The van der Waals surface area contributed by atoms with Crippen LogP contribution in [0.25, 0.3) is 0 Å². The zero-order chi connectivity index (χ0) is 22.7. The lowest BCUT2D eigenvalue weighted by atomic mass is 10.1. The van der Waals surface area contributed by atoms with Gasteiger partial charge in [0.1, 0.15) is 16.4 Å². The minimum Gasteiger partial charge on any atom is -0.497 e. The number of nitrogens with zero attached hydrogens (tertiary/aromatic N) is 3. The number of sulfonamides is 1. The van der Waals surface area contributed by atoms with Crippen molar-refractivity contribution >= 4 is 42.4 Å². The van der Waals surface area contributed by atoms with Crippen LogP contribution in [-0.4, -0.2) is 58.1 Å². The van der Waals surface area contributed by atoms with Crippen molar-refractivity contribution in [3.8, 4) is 11.5 Å². The molecule has 4 rings (SSSR count). The minimum atomic E-state index is -3.67. The fraction of sp³-hybridized carbons (Fsp3) is 0.318. The van der Waals surface area contributed by atoms with Crippen molar-refractivity contribution in [3.05, 3.63) is 63.6 Å². The first kappa shape index (κ1) is 23.0. The summed E-state index contributed by atoms with van der Waals surface area (Å²) in [5.74, 6) is 0.831. The van der Waals surface area contributed by atoms with E-state index in [1.54, 1.807) is 23.5 Å². The average Bonchev–Trinajstić information content (AvgIpc) is 3.27. The third-order valence-electron chi connectivity index (χ3n) is 5.31. The van der Waals surface area contributed by atoms with Crippen LogP contribution >= 0.6 is 27.3 Å². The highest BCUT2D eigenvalue weighted by molar-refractivity contribution is 9.10. The van der Waals surface area contributed by atoms with Gasteiger partial charge in [-0.05, 0) is 29.8 Å². The van der Waals surface area contributed by atoms with E-state index in [4.69, 9.17) is 14.5 Å². The third-order valence-corrected chi connectivity index (χ3v) is 8.69. The molecular formula is C22H24BrN3O4S2. The Kier molecular flexibility index (Phi) is 7.04. The summed E-state index contributed by atoms with van der Waals surface area (Å²) < 4.78 is 39.5. The molecule has 0 N–H and O–H groups in total. The van der Waals surface area contributed by atoms with Crippen LogP contribution in [0.1, 0.15) is 11.3 Å². The summed E-state index contributed by atoms with van der Waals surface area (Å²) >= 11 is 5.10. The molecule has 2 aromatic carbocycles. The zero-order valence-corrected chi connectivity index (χ0v) is 21.0. The van der Waals surface area contributed by atoms with Gasteiger partial charge < -0.3 is 14.4 Å². The van der Waals surface area contributed by atoms with Crippen molar-refractivity contribution in [2.24, 2.45) is 0 Å². The van der Waals surface area contributed by atoms with Crippen LogP contribution in [0.3, 0.4) is 0 Å². The molecule has 170 valence electrons. The molecular weight excluding hydrogens is 514 g/mol. The topological polar surface area (TPSA) is 72.0 Å². The maximum absolute atomic E-state index is 13.2. The number of methoxy groups -OCH3 is 2. The van der Waals surface area contributed by atoms with Crippen LogP contribution in [0.2, 0.25) is 0 Å². The predicted octanol–water partition coefficient (Wildman–Crippen LogP) is 4.02. The highest BCUT2D eigenvalue weighted by atomic mass is 79.9. The van der Waals surface area contributed by atoms with E-state index in [1.165, 1.54) is 30.2 Å². The highest BCUT2D eigenvalue weighted by Crippen LogP contribution is 2.32. The van der Waals surface area contributed by atoms with Crippen LogP contribution in [-0.2, 0) is 16.4 Å². The summed E-state index contributed by atoms with van der Waals surface area (Å²) in [6.07, 6.45) is 0.765. The lowest BCUT2D eigenvalue weighted by Gasteiger charge is -2.34. The second-order valence-corrected chi connectivity index (χ2v) is 11.0. The molecule has 0 bridgehead atoms. The Labute approximate surface area is 200 Å². The second-order valence-electron chi connectivity index (χ2n) is 7.34. The number of aromatic nitrogens is 1. The number of benzene rings is 2. The van der Waals surface area contributed by atoms with Crippen molar-refractivity contribution < 1.29 is 17.9 Å². The number of anilines is 1. The van der Waals surface area contributed by atoms with Gasteiger partial charge in [0.25, 0.3) is 0 Å². The molecule has 0 saturated carbocycles. The number of ether oxygens (including phenoxy) is 2. The van der Waals surface area contributed by atoms with E-state index in [2.05, 4.69) is 38.3 Å². The van der Waals surface area contributed by atoms with Crippen molar-refractivity contribution in [2.45, 2.75) is 11.3 Å². The fourth-order valence-corrected chi connectivity index (χ4v) is 6.51. The maximum atomic E-state index is 13.2. The Bertz CT molecular complexity index is 1190. The predicted molar refractivity (Wildman–Crippen MR) is 130 cm³/mol. The Morgan fingerprint density at radius 1 is 1.06 bits per heavy atom. The highest BCUT2D eigenvalue weighted by Gasteiger charge is 2.31.